The number of benzene rings is 1. The molecular weight excluding hydrogens is 221 g/mol. The summed E-state index contributed by atoms with van der Waals surface area (Å²) in [6.45, 7) is 1.49. The number of halogens is 1. The molecule has 1 aromatic rings. The van der Waals surface area contributed by atoms with E-state index in [1.807, 2.05) is 4.90 Å². The third kappa shape index (κ3) is 4.40. The van der Waals surface area contributed by atoms with Crippen molar-refractivity contribution in [2.45, 2.75) is 6.42 Å². The second-order valence-electron chi connectivity index (χ2n) is 3.71. The molecule has 0 fully saturated rings. The number of amides is 1. The van der Waals surface area contributed by atoms with Crippen molar-refractivity contribution in [1.29, 1.82) is 0 Å². The highest BCUT2D eigenvalue weighted by atomic mass is 19.1. The van der Waals surface area contributed by atoms with E-state index in [9.17, 15) is 9.18 Å². The highest BCUT2D eigenvalue weighted by Crippen LogP contribution is 2.14. The van der Waals surface area contributed by atoms with E-state index in [-0.39, 0.29) is 18.3 Å². The maximum Gasteiger partial charge on any atom is 0.239 e. The standard InChI is InChI=1S/C12H18FN3O/c1-15-12(17)9-16(8-2-7-14)11-5-3-10(13)4-6-11/h3-6H,2,7-9,14H2,1H3,(H,15,17). The number of nitrogens with one attached hydrogen (secondary N) is 1. The van der Waals surface area contributed by atoms with Gasteiger partial charge in [0.05, 0.1) is 6.54 Å². The summed E-state index contributed by atoms with van der Waals surface area (Å²) in [5.41, 5.74) is 6.28. The second kappa shape index (κ2) is 6.85. The van der Waals surface area contributed by atoms with E-state index in [2.05, 4.69) is 5.32 Å². The summed E-state index contributed by atoms with van der Waals surface area (Å²) < 4.78 is 12.8. The molecule has 4 nitrogen and oxygen atoms in total. The predicted molar refractivity (Wildman–Crippen MR) is 66.4 cm³/mol. The Morgan fingerprint density at radius 2 is 2.06 bits per heavy atom. The van der Waals surface area contributed by atoms with Crippen LogP contribution in [0.2, 0.25) is 0 Å². The zero-order chi connectivity index (χ0) is 12.7. The normalized spacial score (nSPS) is 10.1. The van der Waals surface area contributed by atoms with Crippen LogP contribution >= 0.6 is 0 Å². The van der Waals surface area contributed by atoms with Gasteiger partial charge < -0.3 is 16.0 Å². The Morgan fingerprint density at radius 1 is 1.41 bits per heavy atom. The first kappa shape index (κ1) is 13.4. The molecule has 0 aliphatic carbocycles. The fraction of sp³-hybridized carbons (Fsp3) is 0.417. The monoisotopic (exact) mass is 239 g/mol. The summed E-state index contributed by atoms with van der Waals surface area (Å²) >= 11 is 0. The van der Waals surface area contributed by atoms with Gasteiger partial charge in [-0.2, -0.15) is 0 Å². The Bertz CT molecular complexity index is 353. The molecule has 0 bridgehead atoms. The molecule has 0 aromatic heterocycles. The third-order valence-corrected chi connectivity index (χ3v) is 2.44. The molecule has 3 N–H and O–H groups in total. The van der Waals surface area contributed by atoms with Crippen molar-refractivity contribution in [2.24, 2.45) is 5.73 Å². The van der Waals surface area contributed by atoms with E-state index in [1.54, 1.807) is 19.2 Å². The van der Waals surface area contributed by atoms with Crippen LogP contribution in [-0.2, 0) is 4.79 Å². The van der Waals surface area contributed by atoms with Crippen molar-refractivity contribution in [1.82, 2.24) is 5.32 Å². The molecule has 0 atom stereocenters. The van der Waals surface area contributed by atoms with Crippen molar-refractivity contribution >= 4 is 11.6 Å². The van der Waals surface area contributed by atoms with E-state index in [1.165, 1.54) is 12.1 Å². The lowest BCUT2D eigenvalue weighted by atomic mass is 10.2. The van der Waals surface area contributed by atoms with Gasteiger partial charge in [0, 0.05) is 19.3 Å². The molecule has 17 heavy (non-hydrogen) atoms. The highest BCUT2D eigenvalue weighted by molar-refractivity contribution is 5.81. The number of carbonyl (C=O) groups is 1. The van der Waals surface area contributed by atoms with Gasteiger partial charge in [0.1, 0.15) is 5.82 Å². The number of likely N-dealkylation sites (N-methyl/N-ethyl adjacent to an activating group) is 1. The summed E-state index contributed by atoms with van der Waals surface area (Å²) in [5.74, 6) is -0.362. The van der Waals surface area contributed by atoms with Crippen LogP contribution in [0.4, 0.5) is 10.1 Å². The fourth-order valence-electron chi connectivity index (χ4n) is 1.49. The highest BCUT2D eigenvalue weighted by Gasteiger charge is 2.10. The van der Waals surface area contributed by atoms with Crippen LogP contribution in [0.25, 0.3) is 0 Å². The number of nitrogens with two attached hydrogens (primary N) is 1. The molecule has 94 valence electrons. The summed E-state index contributed by atoms with van der Waals surface area (Å²) in [4.78, 5) is 13.2. The van der Waals surface area contributed by atoms with Gasteiger partial charge in [-0.3, -0.25) is 4.79 Å². The number of hydrogen-bond acceptors (Lipinski definition) is 3. The lowest BCUT2D eigenvalue weighted by Gasteiger charge is -2.23. The molecule has 0 heterocycles. The van der Waals surface area contributed by atoms with Crippen LogP contribution in [0, 0.1) is 5.82 Å². The zero-order valence-electron chi connectivity index (χ0n) is 9.95. The average Bonchev–Trinajstić information content (AvgIpc) is 2.35. The fourth-order valence-corrected chi connectivity index (χ4v) is 1.49. The van der Waals surface area contributed by atoms with E-state index >= 15 is 0 Å². The van der Waals surface area contributed by atoms with Crippen molar-refractivity contribution in [2.75, 3.05) is 31.6 Å². The molecule has 0 unspecified atom stereocenters. The molecule has 1 amide bonds. The van der Waals surface area contributed by atoms with Crippen molar-refractivity contribution < 1.29 is 9.18 Å². The Morgan fingerprint density at radius 3 is 2.59 bits per heavy atom. The van der Waals surface area contributed by atoms with Gasteiger partial charge in [-0.25, -0.2) is 4.39 Å². The van der Waals surface area contributed by atoms with Crippen LogP contribution < -0.4 is 16.0 Å². The topological polar surface area (TPSA) is 58.4 Å². The van der Waals surface area contributed by atoms with E-state index in [4.69, 9.17) is 5.73 Å². The quantitative estimate of drug-likeness (QED) is 0.769. The summed E-state index contributed by atoms with van der Waals surface area (Å²) in [6.07, 6.45) is 0.786. The molecule has 0 radical (unpaired) electrons. The van der Waals surface area contributed by atoms with Gasteiger partial charge in [-0.15, -0.1) is 0 Å². The van der Waals surface area contributed by atoms with Gasteiger partial charge in [-0.05, 0) is 37.2 Å². The minimum atomic E-state index is -0.285. The van der Waals surface area contributed by atoms with Gasteiger partial charge in [0.25, 0.3) is 0 Å². The molecule has 0 saturated heterocycles. The predicted octanol–water partition coefficient (Wildman–Crippen LogP) is 0.727. The number of rotatable bonds is 6. The summed E-state index contributed by atoms with van der Waals surface area (Å²) in [7, 11) is 1.59. The third-order valence-electron chi connectivity index (χ3n) is 2.44. The Hall–Kier alpha value is -1.62. The van der Waals surface area contributed by atoms with E-state index in [0.29, 0.717) is 13.1 Å². The second-order valence-corrected chi connectivity index (χ2v) is 3.71. The van der Waals surface area contributed by atoms with E-state index in [0.717, 1.165) is 12.1 Å². The summed E-state index contributed by atoms with van der Waals surface area (Å²) in [5, 5.41) is 2.57. The van der Waals surface area contributed by atoms with Gasteiger partial charge >= 0.3 is 0 Å². The lowest BCUT2D eigenvalue weighted by molar-refractivity contribution is -0.119. The minimum absolute atomic E-state index is 0.0775. The Kier molecular flexibility index (Phi) is 5.42. The molecule has 0 spiro atoms. The van der Waals surface area contributed by atoms with Gasteiger partial charge in [-0.1, -0.05) is 0 Å². The Labute approximate surface area is 101 Å². The number of nitrogens with zero attached hydrogens (tertiary/aromatic N) is 1. The molecule has 1 aromatic carbocycles. The van der Waals surface area contributed by atoms with Gasteiger partial charge in [0.2, 0.25) is 5.91 Å². The first-order valence-electron chi connectivity index (χ1n) is 5.58. The largest absolute Gasteiger partial charge is 0.362 e. The SMILES string of the molecule is CNC(=O)CN(CCCN)c1ccc(F)cc1. The van der Waals surface area contributed by atoms with Crippen LogP contribution in [-0.4, -0.2) is 32.6 Å². The van der Waals surface area contributed by atoms with Crippen LogP contribution in [0.3, 0.4) is 0 Å². The maximum atomic E-state index is 12.8. The lowest BCUT2D eigenvalue weighted by Crippen LogP contribution is -2.36. The molecule has 0 saturated carbocycles. The molecule has 5 heteroatoms. The molecule has 0 aliphatic rings. The maximum absolute atomic E-state index is 12.8. The summed E-state index contributed by atoms with van der Waals surface area (Å²) in [6, 6.07) is 6.09. The van der Waals surface area contributed by atoms with Crippen LogP contribution in [0.5, 0.6) is 0 Å². The van der Waals surface area contributed by atoms with E-state index < -0.39 is 0 Å². The molecular formula is C12H18FN3O. The van der Waals surface area contributed by atoms with Crippen LogP contribution in [0.1, 0.15) is 6.42 Å². The van der Waals surface area contributed by atoms with Crippen molar-refractivity contribution in [3.8, 4) is 0 Å². The minimum Gasteiger partial charge on any atom is -0.362 e. The molecule has 0 aliphatic heterocycles. The number of anilines is 1. The Balaban J connectivity index is 2.74. The smallest absolute Gasteiger partial charge is 0.239 e. The zero-order valence-corrected chi connectivity index (χ0v) is 9.95. The van der Waals surface area contributed by atoms with Crippen molar-refractivity contribution in [3.05, 3.63) is 30.1 Å². The average molecular weight is 239 g/mol. The number of hydrogen-bond donors (Lipinski definition) is 2. The number of carbonyl (C=O) groups excluding carboxylic acids is 1. The van der Waals surface area contributed by atoms with Crippen molar-refractivity contribution in [3.63, 3.8) is 0 Å². The molecule has 1 rings (SSSR count). The van der Waals surface area contributed by atoms with Crippen LogP contribution in [0.15, 0.2) is 24.3 Å². The first-order valence-corrected chi connectivity index (χ1v) is 5.58. The first-order chi connectivity index (χ1) is 8.17. The van der Waals surface area contributed by atoms with Gasteiger partial charge in [0.15, 0.2) is 0 Å².